The van der Waals surface area contributed by atoms with Crippen LogP contribution in [0.15, 0.2) is 68.0 Å². The van der Waals surface area contributed by atoms with Crippen LogP contribution in [-0.2, 0) is 6.54 Å². The van der Waals surface area contributed by atoms with Crippen molar-refractivity contribution < 1.29 is 4.79 Å². The molecule has 0 aliphatic carbocycles. The largest absolute Gasteiger partial charge is 0.348 e. The van der Waals surface area contributed by atoms with E-state index in [9.17, 15) is 4.79 Å². The molecule has 0 aromatic carbocycles. The van der Waals surface area contributed by atoms with Gasteiger partial charge in [-0.3, -0.25) is 9.36 Å². The fourth-order valence-electron chi connectivity index (χ4n) is 2.34. The number of hydrogen-bond donors (Lipinski definition) is 1. The van der Waals surface area contributed by atoms with Gasteiger partial charge in [0.15, 0.2) is 5.82 Å². The topological polar surface area (TPSA) is 103 Å². The molecule has 128 valence electrons. The van der Waals surface area contributed by atoms with E-state index < -0.39 is 0 Å². The summed E-state index contributed by atoms with van der Waals surface area (Å²) < 4.78 is 3.33. The Hall–Kier alpha value is -3.88. The third kappa shape index (κ3) is 3.31. The molecule has 4 aromatic rings. The average Bonchev–Trinajstić information content (AvgIpc) is 3.40. The van der Waals surface area contributed by atoms with Gasteiger partial charge in [-0.2, -0.15) is 5.10 Å². The zero-order valence-electron chi connectivity index (χ0n) is 13.6. The van der Waals surface area contributed by atoms with Crippen LogP contribution in [0.1, 0.15) is 15.9 Å². The van der Waals surface area contributed by atoms with E-state index in [1.54, 1.807) is 52.6 Å². The van der Waals surface area contributed by atoms with Gasteiger partial charge in [0.05, 0.1) is 5.56 Å². The molecule has 1 N–H and O–H groups in total. The summed E-state index contributed by atoms with van der Waals surface area (Å²) in [6.07, 6.45) is 11.4. The Morgan fingerprint density at radius 1 is 1.00 bits per heavy atom. The van der Waals surface area contributed by atoms with Gasteiger partial charge in [-0.25, -0.2) is 24.6 Å². The van der Waals surface area contributed by atoms with Crippen molar-refractivity contribution in [1.82, 2.24) is 39.6 Å². The molecule has 0 aliphatic heterocycles. The highest BCUT2D eigenvalue weighted by atomic mass is 16.1. The van der Waals surface area contributed by atoms with Crippen molar-refractivity contribution in [3.8, 4) is 11.6 Å². The molecule has 4 heterocycles. The average molecular weight is 346 g/mol. The summed E-state index contributed by atoms with van der Waals surface area (Å²) in [4.78, 5) is 28.7. The molecule has 1 amide bonds. The number of nitrogens with zero attached hydrogens (tertiary/aromatic N) is 7. The van der Waals surface area contributed by atoms with Crippen molar-refractivity contribution >= 4 is 5.91 Å². The molecule has 9 heteroatoms. The van der Waals surface area contributed by atoms with Gasteiger partial charge in [0, 0.05) is 31.3 Å². The Kier molecular flexibility index (Phi) is 4.17. The second-order valence-corrected chi connectivity index (χ2v) is 5.42. The van der Waals surface area contributed by atoms with Gasteiger partial charge < -0.3 is 5.32 Å². The zero-order chi connectivity index (χ0) is 17.8. The lowest BCUT2D eigenvalue weighted by atomic mass is 10.2. The van der Waals surface area contributed by atoms with Crippen LogP contribution in [0.4, 0.5) is 0 Å². The summed E-state index contributed by atoms with van der Waals surface area (Å²) in [5, 5.41) is 6.87. The summed E-state index contributed by atoms with van der Waals surface area (Å²) in [5.41, 5.74) is 1.37. The molecule has 26 heavy (non-hydrogen) atoms. The van der Waals surface area contributed by atoms with E-state index in [-0.39, 0.29) is 5.91 Å². The summed E-state index contributed by atoms with van der Waals surface area (Å²) in [6, 6.07) is 7.19. The number of aromatic nitrogens is 7. The minimum atomic E-state index is -0.199. The number of pyridine rings is 2. The smallest absolute Gasteiger partial charge is 0.253 e. The van der Waals surface area contributed by atoms with Crippen LogP contribution >= 0.6 is 0 Å². The van der Waals surface area contributed by atoms with Gasteiger partial charge in [-0.15, -0.1) is 0 Å². The molecular weight excluding hydrogens is 332 g/mol. The Balaban J connectivity index is 1.37. The lowest BCUT2D eigenvalue weighted by Crippen LogP contribution is -2.23. The van der Waals surface area contributed by atoms with Crippen LogP contribution in [0.5, 0.6) is 0 Å². The molecule has 0 radical (unpaired) electrons. The van der Waals surface area contributed by atoms with Gasteiger partial charge in [0.2, 0.25) is 0 Å². The van der Waals surface area contributed by atoms with Crippen LogP contribution in [0, 0.1) is 0 Å². The van der Waals surface area contributed by atoms with Gasteiger partial charge in [-0.05, 0) is 23.8 Å². The molecule has 0 saturated heterocycles. The molecular formula is C17H14N8O. The summed E-state index contributed by atoms with van der Waals surface area (Å²) >= 11 is 0. The fraction of sp³-hybridized carbons (Fsp3) is 0.0588. The van der Waals surface area contributed by atoms with Crippen LogP contribution in [-0.4, -0.2) is 40.2 Å². The molecule has 0 bridgehead atoms. The van der Waals surface area contributed by atoms with E-state index in [4.69, 9.17) is 0 Å². The summed E-state index contributed by atoms with van der Waals surface area (Å²) in [6.45, 7) is 0.368. The molecule has 0 unspecified atom stereocenters. The molecule has 4 rings (SSSR count). The standard InChI is InChI=1S/C17H14N8O/c26-17(14-2-4-15(21-9-14)24-6-5-18-11-24)22-8-13-1-3-16(20-7-13)25-12-19-10-23-25/h1-7,9-12H,8H2,(H,22,26). The van der Waals surface area contributed by atoms with E-state index in [0.717, 1.165) is 5.56 Å². The molecule has 0 atom stereocenters. The van der Waals surface area contributed by atoms with Crippen molar-refractivity contribution in [3.63, 3.8) is 0 Å². The Morgan fingerprint density at radius 2 is 1.88 bits per heavy atom. The highest BCUT2D eigenvalue weighted by Gasteiger charge is 2.07. The first-order chi connectivity index (χ1) is 12.8. The number of rotatable bonds is 5. The van der Waals surface area contributed by atoms with Crippen LogP contribution < -0.4 is 5.32 Å². The van der Waals surface area contributed by atoms with E-state index in [1.165, 1.54) is 12.5 Å². The molecule has 0 aliphatic rings. The van der Waals surface area contributed by atoms with Gasteiger partial charge in [0.25, 0.3) is 5.91 Å². The third-order valence-electron chi connectivity index (χ3n) is 3.69. The minimum absolute atomic E-state index is 0.199. The molecule has 0 saturated carbocycles. The molecule has 9 nitrogen and oxygen atoms in total. The van der Waals surface area contributed by atoms with Crippen LogP contribution in [0.25, 0.3) is 11.6 Å². The quantitative estimate of drug-likeness (QED) is 0.582. The van der Waals surface area contributed by atoms with Crippen LogP contribution in [0.3, 0.4) is 0 Å². The second kappa shape index (κ2) is 6.93. The van der Waals surface area contributed by atoms with Crippen LogP contribution in [0.2, 0.25) is 0 Å². The molecule has 4 aromatic heterocycles. The highest BCUT2D eigenvalue weighted by Crippen LogP contribution is 2.07. The highest BCUT2D eigenvalue weighted by molar-refractivity contribution is 5.93. The Bertz CT molecular complexity index is 976. The number of hydrogen-bond acceptors (Lipinski definition) is 6. The number of imidazole rings is 1. The van der Waals surface area contributed by atoms with Gasteiger partial charge in [-0.1, -0.05) is 6.07 Å². The van der Waals surface area contributed by atoms with Crippen molar-refractivity contribution in [2.75, 3.05) is 0 Å². The zero-order valence-corrected chi connectivity index (χ0v) is 13.6. The van der Waals surface area contributed by atoms with Crippen molar-refractivity contribution in [1.29, 1.82) is 0 Å². The normalized spacial score (nSPS) is 10.6. The summed E-state index contributed by atoms with van der Waals surface area (Å²) in [5.74, 6) is 1.17. The molecule has 0 fully saturated rings. The lowest BCUT2D eigenvalue weighted by molar-refractivity contribution is 0.0950. The monoisotopic (exact) mass is 346 g/mol. The van der Waals surface area contributed by atoms with E-state index in [0.29, 0.717) is 23.7 Å². The molecule has 0 spiro atoms. The van der Waals surface area contributed by atoms with Gasteiger partial charge >= 0.3 is 0 Å². The summed E-state index contributed by atoms with van der Waals surface area (Å²) in [7, 11) is 0. The minimum Gasteiger partial charge on any atom is -0.348 e. The lowest BCUT2D eigenvalue weighted by Gasteiger charge is -2.07. The second-order valence-electron chi connectivity index (χ2n) is 5.42. The first-order valence-corrected chi connectivity index (χ1v) is 7.82. The SMILES string of the molecule is O=C(NCc1ccc(-n2cncn2)nc1)c1ccc(-n2ccnc2)nc1. The fourth-order valence-corrected chi connectivity index (χ4v) is 2.34. The Labute approximate surface area is 148 Å². The first-order valence-electron chi connectivity index (χ1n) is 7.82. The number of carbonyl (C=O) groups excluding carboxylic acids is 1. The first kappa shape index (κ1) is 15.6. The van der Waals surface area contributed by atoms with Gasteiger partial charge in [0.1, 0.15) is 24.8 Å². The maximum atomic E-state index is 12.3. The third-order valence-corrected chi connectivity index (χ3v) is 3.69. The Morgan fingerprint density at radius 3 is 2.54 bits per heavy atom. The van der Waals surface area contributed by atoms with E-state index >= 15 is 0 Å². The van der Waals surface area contributed by atoms with E-state index in [2.05, 4.69) is 30.4 Å². The van der Waals surface area contributed by atoms with Crippen molar-refractivity contribution in [2.45, 2.75) is 6.54 Å². The number of carbonyl (C=O) groups is 1. The number of nitrogens with one attached hydrogen (secondary N) is 1. The predicted octanol–water partition coefficient (Wildman–Crippen LogP) is 1.17. The van der Waals surface area contributed by atoms with Crippen molar-refractivity contribution in [3.05, 3.63) is 79.2 Å². The predicted molar refractivity (Wildman–Crippen MR) is 91.7 cm³/mol. The number of amides is 1. The van der Waals surface area contributed by atoms with E-state index in [1.807, 2.05) is 12.1 Å². The maximum Gasteiger partial charge on any atom is 0.253 e. The van der Waals surface area contributed by atoms with Crippen molar-refractivity contribution in [2.24, 2.45) is 0 Å². The maximum absolute atomic E-state index is 12.3.